The fraction of sp³-hybridized carbons (Fsp3) is 0.167. The zero-order valence-electron chi connectivity index (χ0n) is 15.4. The molecule has 0 saturated heterocycles. The maximum Gasteiger partial charge on any atom is 0.418 e. The normalized spacial score (nSPS) is 11.5. The molecule has 0 radical (unpaired) electrons. The van der Waals surface area contributed by atoms with Crippen molar-refractivity contribution < 1.29 is 35.9 Å². The summed E-state index contributed by atoms with van der Waals surface area (Å²) in [5, 5.41) is 10.7. The molecule has 0 spiro atoms. The van der Waals surface area contributed by atoms with E-state index in [0.29, 0.717) is 6.07 Å². The maximum absolute atomic E-state index is 13.0. The third-order valence-electron chi connectivity index (χ3n) is 3.63. The van der Waals surface area contributed by atoms with Crippen LogP contribution in [0.1, 0.15) is 11.1 Å². The first-order chi connectivity index (χ1) is 14.4. The number of amides is 1. The number of esters is 1. The van der Waals surface area contributed by atoms with Gasteiger partial charge in [-0.3, -0.25) is 9.59 Å². The molecule has 31 heavy (non-hydrogen) atoms. The quantitative estimate of drug-likeness (QED) is 0.593. The molecule has 0 fully saturated rings. The van der Waals surface area contributed by atoms with Gasteiger partial charge in [-0.2, -0.15) is 23.2 Å². The van der Waals surface area contributed by atoms with Crippen molar-refractivity contribution in [3.8, 4) is 6.07 Å². The summed E-state index contributed by atoms with van der Waals surface area (Å²) in [5.74, 6) is -2.25. The molecule has 13 heteroatoms. The standard InChI is InChI=1S/C18H13ClF3N3O5S/c19-12-5-6-14(13(7-12)18(20,21)22)25-16(26)10-30-17(27)9-24-31(28,29)15-4-2-1-3-11(15)8-23/h1-7,24H,9-10H2,(H,25,26). The highest BCUT2D eigenvalue weighted by Crippen LogP contribution is 2.36. The number of nitrogens with one attached hydrogen (secondary N) is 2. The van der Waals surface area contributed by atoms with Crippen molar-refractivity contribution >= 4 is 39.2 Å². The van der Waals surface area contributed by atoms with Crippen LogP contribution < -0.4 is 10.0 Å². The molecule has 2 aromatic rings. The lowest BCUT2D eigenvalue weighted by molar-refractivity contribution is -0.146. The third kappa shape index (κ3) is 6.68. The number of rotatable bonds is 7. The smallest absolute Gasteiger partial charge is 0.418 e. The van der Waals surface area contributed by atoms with Gasteiger partial charge >= 0.3 is 12.1 Å². The number of carbonyl (C=O) groups is 2. The summed E-state index contributed by atoms with van der Waals surface area (Å²) < 4.78 is 69.9. The number of benzene rings is 2. The molecular formula is C18H13ClF3N3O5S. The SMILES string of the molecule is N#Cc1ccccc1S(=O)(=O)NCC(=O)OCC(=O)Nc1ccc(Cl)cc1C(F)(F)F. The molecule has 0 bridgehead atoms. The van der Waals surface area contributed by atoms with Crippen LogP contribution in [0.2, 0.25) is 5.02 Å². The van der Waals surface area contributed by atoms with Gasteiger partial charge < -0.3 is 10.1 Å². The van der Waals surface area contributed by atoms with Crippen molar-refractivity contribution in [3.05, 3.63) is 58.6 Å². The second-order valence-corrected chi connectivity index (χ2v) is 8.00. The number of halogens is 4. The van der Waals surface area contributed by atoms with Gasteiger partial charge in [-0.15, -0.1) is 0 Å². The summed E-state index contributed by atoms with van der Waals surface area (Å²) in [6.07, 6.45) is -4.79. The summed E-state index contributed by atoms with van der Waals surface area (Å²) in [6, 6.07) is 9.64. The fourth-order valence-electron chi connectivity index (χ4n) is 2.27. The highest BCUT2D eigenvalue weighted by atomic mass is 35.5. The average molecular weight is 476 g/mol. The van der Waals surface area contributed by atoms with Crippen LogP contribution in [0.25, 0.3) is 0 Å². The molecule has 8 nitrogen and oxygen atoms in total. The van der Waals surface area contributed by atoms with Crippen LogP contribution >= 0.6 is 11.6 Å². The van der Waals surface area contributed by atoms with Crippen LogP contribution in [0.4, 0.5) is 18.9 Å². The molecule has 0 aliphatic heterocycles. The highest BCUT2D eigenvalue weighted by molar-refractivity contribution is 7.89. The summed E-state index contributed by atoms with van der Waals surface area (Å²) in [6.45, 7) is -1.83. The zero-order chi connectivity index (χ0) is 23.2. The predicted octanol–water partition coefficient (Wildman–Crippen LogP) is 2.69. The van der Waals surface area contributed by atoms with E-state index in [1.54, 1.807) is 6.07 Å². The van der Waals surface area contributed by atoms with Gasteiger partial charge in [-0.1, -0.05) is 23.7 Å². The Morgan fingerprint density at radius 2 is 1.84 bits per heavy atom. The number of ether oxygens (including phenoxy) is 1. The minimum Gasteiger partial charge on any atom is -0.455 e. The van der Waals surface area contributed by atoms with Crippen molar-refractivity contribution in [1.29, 1.82) is 5.26 Å². The second kappa shape index (κ2) is 9.78. The molecule has 0 aliphatic rings. The van der Waals surface area contributed by atoms with E-state index < -0.39 is 52.5 Å². The molecule has 0 saturated carbocycles. The van der Waals surface area contributed by atoms with Gasteiger partial charge in [0.1, 0.15) is 12.6 Å². The number of nitriles is 1. The van der Waals surface area contributed by atoms with Gasteiger partial charge in [0.05, 0.1) is 21.7 Å². The third-order valence-corrected chi connectivity index (χ3v) is 5.32. The number of alkyl halides is 3. The molecule has 2 rings (SSSR count). The largest absolute Gasteiger partial charge is 0.455 e. The van der Waals surface area contributed by atoms with E-state index in [9.17, 15) is 31.2 Å². The van der Waals surface area contributed by atoms with E-state index >= 15 is 0 Å². The molecule has 0 unspecified atom stereocenters. The zero-order valence-corrected chi connectivity index (χ0v) is 16.9. The van der Waals surface area contributed by atoms with Gasteiger partial charge in [-0.25, -0.2) is 8.42 Å². The van der Waals surface area contributed by atoms with Crippen molar-refractivity contribution in [2.75, 3.05) is 18.5 Å². The Morgan fingerprint density at radius 1 is 1.16 bits per heavy atom. The number of sulfonamides is 1. The fourth-order valence-corrected chi connectivity index (χ4v) is 3.56. The van der Waals surface area contributed by atoms with Crippen molar-refractivity contribution in [1.82, 2.24) is 4.72 Å². The van der Waals surface area contributed by atoms with Gasteiger partial charge in [0.15, 0.2) is 6.61 Å². The summed E-state index contributed by atoms with van der Waals surface area (Å²) >= 11 is 5.54. The summed E-state index contributed by atoms with van der Waals surface area (Å²) in [7, 11) is -4.22. The Morgan fingerprint density at radius 3 is 2.48 bits per heavy atom. The number of anilines is 1. The van der Waals surface area contributed by atoms with Gasteiger partial charge in [0, 0.05) is 5.02 Å². The minimum absolute atomic E-state index is 0.147. The summed E-state index contributed by atoms with van der Waals surface area (Å²) in [4.78, 5) is 23.2. The lowest BCUT2D eigenvalue weighted by Crippen LogP contribution is -2.32. The molecule has 2 N–H and O–H groups in total. The van der Waals surface area contributed by atoms with Crippen LogP contribution in [0.15, 0.2) is 47.4 Å². The van der Waals surface area contributed by atoms with Crippen molar-refractivity contribution in [3.63, 3.8) is 0 Å². The molecular weight excluding hydrogens is 463 g/mol. The molecule has 1 amide bonds. The van der Waals surface area contributed by atoms with Crippen molar-refractivity contribution in [2.45, 2.75) is 11.1 Å². The van der Waals surface area contributed by atoms with E-state index in [0.717, 1.165) is 18.2 Å². The lowest BCUT2D eigenvalue weighted by Gasteiger charge is -2.14. The van der Waals surface area contributed by atoms with Crippen LogP contribution in [-0.2, 0) is 30.5 Å². The van der Waals surface area contributed by atoms with Gasteiger partial charge in [0.25, 0.3) is 5.91 Å². The number of hydrogen-bond donors (Lipinski definition) is 2. The van der Waals surface area contributed by atoms with E-state index in [1.165, 1.54) is 18.2 Å². The van der Waals surface area contributed by atoms with Gasteiger partial charge in [0.2, 0.25) is 10.0 Å². The maximum atomic E-state index is 13.0. The summed E-state index contributed by atoms with van der Waals surface area (Å²) in [5.41, 5.74) is -1.93. The van der Waals surface area contributed by atoms with E-state index in [-0.39, 0.29) is 15.5 Å². The predicted molar refractivity (Wildman–Crippen MR) is 102 cm³/mol. The first kappa shape index (κ1) is 24.1. The molecule has 2 aromatic carbocycles. The number of nitrogens with zero attached hydrogens (tertiary/aromatic N) is 1. The molecule has 0 aliphatic carbocycles. The Bertz CT molecular complexity index is 1150. The van der Waals surface area contributed by atoms with E-state index in [1.807, 2.05) is 10.0 Å². The first-order valence-electron chi connectivity index (χ1n) is 8.25. The van der Waals surface area contributed by atoms with Crippen LogP contribution in [0.3, 0.4) is 0 Å². The van der Waals surface area contributed by atoms with Crippen molar-refractivity contribution in [2.24, 2.45) is 0 Å². The average Bonchev–Trinajstić information content (AvgIpc) is 2.71. The lowest BCUT2D eigenvalue weighted by atomic mass is 10.1. The van der Waals surface area contributed by atoms with Crippen LogP contribution in [0.5, 0.6) is 0 Å². The molecule has 164 valence electrons. The number of hydrogen-bond acceptors (Lipinski definition) is 6. The second-order valence-electron chi connectivity index (χ2n) is 5.83. The van der Waals surface area contributed by atoms with Gasteiger partial charge in [-0.05, 0) is 30.3 Å². The Kier molecular flexibility index (Phi) is 7.61. The van der Waals surface area contributed by atoms with E-state index in [4.69, 9.17) is 16.9 Å². The topological polar surface area (TPSA) is 125 Å². The van der Waals surface area contributed by atoms with Crippen LogP contribution in [0, 0.1) is 11.3 Å². The Labute approximate surface area is 179 Å². The van der Waals surface area contributed by atoms with E-state index in [2.05, 4.69) is 4.74 Å². The Hall–Kier alpha value is -3.14. The highest BCUT2D eigenvalue weighted by Gasteiger charge is 2.34. The monoisotopic (exact) mass is 475 g/mol. The first-order valence-corrected chi connectivity index (χ1v) is 10.1. The number of carbonyl (C=O) groups excluding carboxylic acids is 2. The Balaban J connectivity index is 1.94. The molecule has 0 aromatic heterocycles. The molecule has 0 heterocycles. The molecule has 0 atom stereocenters. The minimum atomic E-state index is -4.79. The van der Waals surface area contributed by atoms with Crippen LogP contribution in [-0.4, -0.2) is 33.4 Å².